The number of aromatic amines is 1. The normalized spacial score (nSPS) is 14.8. The zero-order chi connectivity index (χ0) is 21.2. The van der Waals surface area contributed by atoms with Crippen LogP contribution in [0, 0.1) is 0 Å². The Bertz CT molecular complexity index is 1260. The average molecular weight is 412 g/mol. The molecule has 0 amide bonds. The third-order valence-electron chi connectivity index (χ3n) is 5.71. The van der Waals surface area contributed by atoms with E-state index in [1.165, 1.54) is 0 Å². The van der Waals surface area contributed by atoms with Crippen molar-refractivity contribution in [2.45, 2.75) is 0 Å². The molecule has 0 spiro atoms. The zero-order valence-electron chi connectivity index (χ0n) is 17.0. The van der Waals surface area contributed by atoms with Gasteiger partial charge in [-0.15, -0.1) is 0 Å². The number of nitrogens with one attached hydrogen (secondary N) is 2. The summed E-state index contributed by atoms with van der Waals surface area (Å²) in [4.78, 5) is 10.3. The van der Waals surface area contributed by atoms with E-state index in [1.807, 2.05) is 36.5 Å². The second kappa shape index (κ2) is 8.12. The van der Waals surface area contributed by atoms with Gasteiger partial charge >= 0.3 is 0 Å². The monoisotopic (exact) mass is 412 g/mol. The van der Waals surface area contributed by atoms with Crippen LogP contribution in [-0.4, -0.2) is 47.2 Å². The van der Waals surface area contributed by atoms with Gasteiger partial charge in [-0.05, 0) is 35.4 Å². The van der Waals surface area contributed by atoms with Crippen molar-refractivity contribution in [1.82, 2.24) is 15.3 Å². The number of piperazine rings is 1. The number of fused-ring (bicyclic) bond motifs is 1. The van der Waals surface area contributed by atoms with E-state index in [0.29, 0.717) is 5.56 Å². The number of nitrogens with zero attached hydrogens (tertiary/aromatic N) is 3. The molecule has 5 rings (SSSR count). The number of amidine groups is 1. The smallest absolute Gasteiger partial charge is 0.173 e. The zero-order valence-corrected chi connectivity index (χ0v) is 17.0. The molecule has 0 aliphatic carbocycles. The summed E-state index contributed by atoms with van der Waals surface area (Å²) >= 11 is 0. The minimum absolute atomic E-state index is 0.103. The molecule has 0 atom stereocenters. The number of anilines is 1. The van der Waals surface area contributed by atoms with Crippen LogP contribution in [0.4, 0.5) is 5.82 Å². The summed E-state index contributed by atoms with van der Waals surface area (Å²) in [5, 5.41) is 17.0. The Kier molecular flexibility index (Phi) is 5.01. The van der Waals surface area contributed by atoms with E-state index in [-0.39, 0.29) is 5.84 Å². The first kappa shape index (κ1) is 19.1. The first-order chi connectivity index (χ1) is 15.2. The van der Waals surface area contributed by atoms with Gasteiger partial charge in [0, 0.05) is 49.0 Å². The SMILES string of the molecule is NC(=NO)c1cc(-c2cccc(-c3cnc4ccccc4c3)c2)[nH]c1N1CCNCC1. The number of nitrogens with two attached hydrogens (primary N) is 1. The van der Waals surface area contributed by atoms with Crippen LogP contribution in [0.15, 0.2) is 72.0 Å². The van der Waals surface area contributed by atoms with Gasteiger partial charge in [0.15, 0.2) is 5.84 Å². The third-order valence-corrected chi connectivity index (χ3v) is 5.71. The van der Waals surface area contributed by atoms with Crippen molar-refractivity contribution in [3.05, 3.63) is 72.4 Å². The topological polar surface area (TPSA) is 103 Å². The van der Waals surface area contributed by atoms with Crippen molar-refractivity contribution in [1.29, 1.82) is 0 Å². The van der Waals surface area contributed by atoms with Gasteiger partial charge < -0.3 is 26.1 Å². The Morgan fingerprint density at radius 2 is 1.77 bits per heavy atom. The molecular formula is C24H24N6O. The highest BCUT2D eigenvalue weighted by molar-refractivity contribution is 6.03. The van der Waals surface area contributed by atoms with Crippen LogP contribution in [0.25, 0.3) is 33.3 Å². The Balaban J connectivity index is 1.55. The quantitative estimate of drug-likeness (QED) is 0.178. The van der Waals surface area contributed by atoms with Gasteiger partial charge in [-0.3, -0.25) is 4.98 Å². The van der Waals surface area contributed by atoms with Crippen LogP contribution in [0.2, 0.25) is 0 Å². The summed E-state index contributed by atoms with van der Waals surface area (Å²) in [5.74, 6) is 0.982. The number of oxime groups is 1. The van der Waals surface area contributed by atoms with Crippen LogP contribution < -0.4 is 16.0 Å². The molecule has 7 heteroatoms. The molecule has 0 radical (unpaired) electrons. The second-order valence-corrected chi connectivity index (χ2v) is 7.67. The van der Waals surface area contributed by atoms with Crippen molar-refractivity contribution >= 4 is 22.6 Å². The lowest BCUT2D eigenvalue weighted by Gasteiger charge is -2.29. The highest BCUT2D eigenvalue weighted by Gasteiger charge is 2.20. The number of aromatic nitrogens is 2. The minimum atomic E-state index is 0.103. The summed E-state index contributed by atoms with van der Waals surface area (Å²) in [6, 6.07) is 20.5. The van der Waals surface area contributed by atoms with E-state index in [9.17, 15) is 5.21 Å². The first-order valence-corrected chi connectivity index (χ1v) is 10.3. The van der Waals surface area contributed by atoms with Gasteiger partial charge in [0.05, 0.1) is 11.1 Å². The number of hydrogen-bond acceptors (Lipinski definition) is 5. The highest BCUT2D eigenvalue weighted by Crippen LogP contribution is 2.31. The van der Waals surface area contributed by atoms with Gasteiger partial charge in [0.1, 0.15) is 5.82 Å². The lowest BCUT2D eigenvalue weighted by molar-refractivity contribution is 0.318. The number of pyridine rings is 1. The summed E-state index contributed by atoms with van der Waals surface area (Å²) < 4.78 is 0. The maximum Gasteiger partial charge on any atom is 0.173 e. The molecular weight excluding hydrogens is 388 g/mol. The molecule has 1 aliphatic rings. The first-order valence-electron chi connectivity index (χ1n) is 10.3. The number of H-pyrrole nitrogens is 1. The van der Waals surface area contributed by atoms with E-state index in [2.05, 4.69) is 55.7 Å². The molecule has 3 heterocycles. The van der Waals surface area contributed by atoms with Crippen LogP contribution in [0.1, 0.15) is 5.56 Å². The van der Waals surface area contributed by atoms with Crippen molar-refractivity contribution in [2.24, 2.45) is 10.9 Å². The fraction of sp³-hybridized carbons (Fsp3) is 0.167. The van der Waals surface area contributed by atoms with Crippen molar-refractivity contribution < 1.29 is 5.21 Å². The molecule has 5 N–H and O–H groups in total. The van der Waals surface area contributed by atoms with E-state index < -0.39 is 0 Å². The molecule has 4 aromatic rings. The average Bonchev–Trinajstić information content (AvgIpc) is 3.29. The summed E-state index contributed by atoms with van der Waals surface area (Å²) in [7, 11) is 0. The van der Waals surface area contributed by atoms with E-state index in [1.54, 1.807) is 0 Å². The number of benzene rings is 2. The maximum absolute atomic E-state index is 9.28. The molecule has 0 bridgehead atoms. The molecule has 1 fully saturated rings. The molecule has 0 saturated carbocycles. The lowest BCUT2D eigenvalue weighted by atomic mass is 10.0. The highest BCUT2D eigenvalue weighted by atomic mass is 16.4. The Morgan fingerprint density at radius 1 is 0.968 bits per heavy atom. The van der Waals surface area contributed by atoms with Crippen molar-refractivity contribution in [3.8, 4) is 22.4 Å². The van der Waals surface area contributed by atoms with Gasteiger partial charge in [0.2, 0.25) is 0 Å². The Labute approximate surface area is 180 Å². The van der Waals surface area contributed by atoms with Crippen LogP contribution in [0.3, 0.4) is 0 Å². The van der Waals surface area contributed by atoms with Crippen LogP contribution in [-0.2, 0) is 0 Å². The van der Waals surface area contributed by atoms with Gasteiger partial charge in [-0.1, -0.05) is 41.6 Å². The standard InChI is InChI=1S/C24H24N6O/c25-23(29-31)20-14-22(28-24(20)30-10-8-26-9-11-30)18-6-3-5-16(12-18)19-13-17-4-1-2-7-21(17)27-15-19/h1-7,12-15,26,28,31H,8-11H2,(H2,25,29). The van der Waals surface area contributed by atoms with Gasteiger partial charge in [0.25, 0.3) is 0 Å². The van der Waals surface area contributed by atoms with Gasteiger partial charge in [-0.25, -0.2) is 0 Å². The molecule has 1 saturated heterocycles. The molecule has 31 heavy (non-hydrogen) atoms. The molecule has 0 unspecified atom stereocenters. The predicted octanol–water partition coefficient (Wildman–Crippen LogP) is 3.40. The van der Waals surface area contributed by atoms with Crippen LogP contribution >= 0.6 is 0 Å². The fourth-order valence-corrected chi connectivity index (χ4v) is 4.08. The lowest BCUT2D eigenvalue weighted by Crippen LogP contribution is -2.44. The molecule has 2 aromatic heterocycles. The molecule has 2 aromatic carbocycles. The second-order valence-electron chi connectivity index (χ2n) is 7.67. The number of rotatable bonds is 4. The van der Waals surface area contributed by atoms with Gasteiger partial charge in [-0.2, -0.15) is 0 Å². The predicted molar refractivity (Wildman–Crippen MR) is 125 cm³/mol. The molecule has 156 valence electrons. The maximum atomic E-state index is 9.28. The molecule has 7 nitrogen and oxygen atoms in total. The van der Waals surface area contributed by atoms with E-state index in [4.69, 9.17) is 5.73 Å². The summed E-state index contributed by atoms with van der Waals surface area (Å²) in [6.07, 6.45) is 1.91. The third kappa shape index (κ3) is 3.71. The number of para-hydroxylation sites is 1. The molecule has 1 aliphatic heterocycles. The van der Waals surface area contributed by atoms with E-state index >= 15 is 0 Å². The summed E-state index contributed by atoms with van der Waals surface area (Å²) in [5.41, 5.74) is 11.8. The van der Waals surface area contributed by atoms with Crippen molar-refractivity contribution in [2.75, 3.05) is 31.1 Å². The van der Waals surface area contributed by atoms with Crippen LogP contribution in [0.5, 0.6) is 0 Å². The minimum Gasteiger partial charge on any atom is -0.409 e. The number of hydrogen-bond donors (Lipinski definition) is 4. The fourth-order valence-electron chi connectivity index (χ4n) is 4.08. The van der Waals surface area contributed by atoms with E-state index in [0.717, 1.165) is 65.3 Å². The van der Waals surface area contributed by atoms with Crippen molar-refractivity contribution in [3.63, 3.8) is 0 Å². The Morgan fingerprint density at radius 3 is 2.61 bits per heavy atom. The summed E-state index contributed by atoms with van der Waals surface area (Å²) in [6.45, 7) is 3.51. The Hall–Kier alpha value is -3.84. The largest absolute Gasteiger partial charge is 0.409 e.